The van der Waals surface area contributed by atoms with E-state index in [-0.39, 0.29) is 0 Å². The lowest BCUT2D eigenvalue weighted by atomic mass is 10.1. The van der Waals surface area contributed by atoms with Crippen LogP contribution in [0.3, 0.4) is 0 Å². The molecule has 5 nitrogen and oxygen atoms in total. The smallest absolute Gasteiger partial charge is 0.225 e. The lowest BCUT2D eigenvalue weighted by molar-refractivity contribution is 0.415. The number of piperazine rings is 1. The molecule has 3 aromatic rings. The van der Waals surface area contributed by atoms with E-state index in [0.717, 1.165) is 49.1 Å². The lowest BCUT2D eigenvalue weighted by Crippen LogP contribution is -2.47. The maximum Gasteiger partial charge on any atom is 0.225 e. The fourth-order valence-corrected chi connectivity index (χ4v) is 3.23. The van der Waals surface area contributed by atoms with Crippen LogP contribution in [0.2, 0.25) is 0 Å². The fourth-order valence-electron chi connectivity index (χ4n) is 3.23. The van der Waals surface area contributed by atoms with Crippen LogP contribution in [0, 0.1) is 0 Å². The van der Waals surface area contributed by atoms with Crippen LogP contribution >= 0.6 is 0 Å². The van der Waals surface area contributed by atoms with Crippen molar-refractivity contribution in [3.05, 3.63) is 66.9 Å². The van der Waals surface area contributed by atoms with Crippen LogP contribution in [0.25, 0.3) is 11.3 Å². The summed E-state index contributed by atoms with van der Waals surface area (Å²) in [5.74, 6) is 1.64. The van der Waals surface area contributed by atoms with Gasteiger partial charge in [0, 0.05) is 43.6 Å². The number of hydrogen-bond acceptors (Lipinski definition) is 5. The molecule has 0 unspecified atom stereocenters. The van der Waals surface area contributed by atoms with Gasteiger partial charge in [-0.2, -0.15) is 0 Å². The zero-order valence-electron chi connectivity index (χ0n) is 14.9. The quantitative estimate of drug-likeness (QED) is 0.723. The average molecular weight is 346 g/mol. The van der Waals surface area contributed by atoms with E-state index in [9.17, 15) is 0 Å². The van der Waals surface area contributed by atoms with E-state index < -0.39 is 0 Å². The van der Waals surface area contributed by atoms with Crippen LogP contribution in [-0.2, 0) is 0 Å². The van der Waals surface area contributed by atoms with Gasteiger partial charge >= 0.3 is 0 Å². The van der Waals surface area contributed by atoms with Gasteiger partial charge < -0.3 is 14.5 Å². The van der Waals surface area contributed by atoms with E-state index >= 15 is 0 Å². The Morgan fingerprint density at radius 2 is 1.50 bits per heavy atom. The molecular weight excluding hydrogens is 324 g/mol. The number of aromatic nitrogens is 2. The van der Waals surface area contributed by atoms with Gasteiger partial charge in [0.25, 0.3) is 0 Å². The first-order valence-electron chi connectivity index (χ1n) is 8.86. The van der Waals surface area contributed by atoms with Gasteiger partial charge in [-0.05, 0) is 42.5 Å². The highest BCUT2D eigenvalue weighted by Gasteiger charge is 2.19. The number of benzene rings is 2. The SMILES string of the molecule is COc1ccc(-c2ccnc(N3CCN(c4ccccc4)CC3)n2)cc1. The average Bonchev–Trinajstić information content (AvgIpc) is 2.75. The highest BCUT2D eigenvalue weighted by molar-refractivity contribution is 5.61. The van der Waals surface area contributed by atoms with Crippen molar-refractivity contribution in [1.82, 2.24) is 9.97 Å². The highest BCUT2D eigenvalue weighted by Crippen LogP contribution is 2.23. The van der Waals surface area contributed by atoms with Crippen LogP contribution in [-0.4, -0.2) is 43.3 Å². The van der Waals surface area contributed by atoms with Crippen molar-refractivity contribution in [2.24, 2.45) is 0 Å². The minimum atomic E-state index is 0.797. The summed E-state index contributed by atoms with van der Waals surface area (Å²) in [7, 11) is 1.67. The third kappa shape index (κ3) is 3.47. The molecule has 0 bridgehead atoms. The van der Waals surface area contributed by atoms with Crippen molar-refractivity contribution in [3.8, 4) is 17.0 Å². The van der Waals surface area contributed by atoms with Crippen molar-refractivity contribution in [2.75, 3.05) is 43.1 Å². The summed E-state index contributed by atoms with van der Waals surface area (Å²) < 4.78 is 5.22. The largest absolute Gasteiger partial charge is 0.497 e. The zero-order chi connectivity index (χ0) is 17.8. The molecule has 26 heavy (non-hydrogen) atoms. The molecule has 1 aliphatic heterocycles. The minimum Gasteiger partial charge on any atom is -0.497 e. The molecule has 4 rings (SSSR count). The third-order valence-electron chi connectivity index (χ3n) is 4.71. The number of nitrogens with zero attached hydrogens (tertiary/aromatic N) is 4. The second kappa shape index (κ2) is 7.44. The van der Waals surface area contributed by atoms with E-state index in [2.05, 4.69) is 45.1 Å². The van der Waals surface area contributed by atoms with Crippen molar-refractivity contribution in [1.29, 1.82) is 0 Å². The number of hydrogen-bond donors (Lipinski definition) is 0. The lowest BCUT2D eigenvalue weighted by Gasteiger charge is -2.36. The van der Waals surface area contributed by atoms with Gasteiger partial charge in [-0.1, -0.05) is 18.2 Å². The van der Waals surface area contributed by atoms with E-state index in [0.29, 0.717) is 0 Å². The molecule has 0 aliphatic carbocycles. The monoisotopic (exact) mass is 346 g/mol. The molecule has 2 aromatic carbocycles. The maximum atomic E-state index is 5.22. The van der Waals surface area contributed by atoms with Gasteiger partial charge in [0.15, 0.2) is 0 Å². The van der Waals surface area contributed by atoms with Gasteiger partial charge in [-0.25, -0.2) is 9.97 Å². The number of rotatable bonds is 4. The summed E-state index contributed by atoms with van der Waals surface area (Å²) >= 11 is 0. The molecule has 0 spiro atoms. The molecule has 1 aromatic heterocycles. The van der Waals surface area contributed by atoms with Crippen LogP contribution in [0.1, 0.15) is 0 Å². The molecule has 2 heterocycles. The molecule has 0 N–H and O–H groups in total. The van der Waals surface area contributed by atoms with Gasteiger partial charge in [0.05, 0.1) is 12.8 Å². The second-order valence-electron chi connectivity index (χ2n) is 6.28. The Bertz CT molecular complexity index is 843. The Hall–Kier alpha value is -3.08. The normalized spacial score (nSPS) is 14.3. The summed E-state index contributed by atoms with van der Waals surface area (Å²) in [5.41, 5.74) is 3.28. The summed E-state index contributed by atoms with van der Waals surface area (Å²) in [4.78, 5) is 13.9. The van der Waals surface area contributed by atoms with Gasteiger partial charge in [0.2, 0.25) is 5.95 Å². The highest BCUT2D eigenvalue weighted by atomic mass is 16.5. The van der Waals surface area contributed by atoms with Gasteiger partial charge in [-0.3, -0.25) is 0 Å². The Morgan fingerprint density at radius 3 is 2.19 bits per heavy atom. The molecule has 132 valence electrons. The molecule has 0 amide bonds. The van der Waals surface area contributed by atoms with E-state index in [4.69, 9.17) is 9.72 Å². The predicted molar refractivity (Wildman–Crippen MR) is 105 cm³/mol. The molecule has 5 heteroatoms. The number of anilines is 2. The van der Waals surface area contributed by atoms with Crippen LogP contribution in [0.15, 0.2) is 66.9 Å². The second-order valence-corrected chi connectivity index (χ2v) is 6.28. The van der Waals surface area contributed by atoms with Crippen molar-refractivity contribution in [2.45, 2.75) is 0 Å². The molecule has 0 saturated carbocycles. The van der Waals surface area contributed by atoms with E-state index in [1.165, 1.54) is 5.69 Å². The van der Waals surface area contributed by atoms with Crippen molar-refractivity contribution < 1.29 is 4.74 Å². The van der Waals surface area contributed by atoms with Gasteiger partial charge in [0.1, 0.15) is 5.75 Å². The first kappa shape index (κ1) is 16.4. The van der Waals surface area contributed by atoms with E-state index in [1.54, 1.807) is 7.11 Å². The molecule has 0 atom stereocenters. The minimum absolute atomic E-state index is 0.797. The summed E-state index contributed by atoms with van der Waals surface area (Å²) in [6.45, 7) is 3.78. The zero-order valence-corrected chi connectivity index (χ0v) is 14.9. The van der Waals surface area contributed by atoms with Crippen LogP contribution in [0.4, 0.5) is 11.6 Å². The van der Waals surface area contributed by atoms with Gasteiger partial charge in [-0.15, -0.1) is 0 Å². The number of para-hydroxylation sites is 1. The number of ether oxygens (including phenoxy) is 1. The maximum absolute atomic E-state index is 5.22. The van der Waals surface area contributed by atoms with Crippen LogP contribution in [0.5, 0.6) is 5.75 Å². The predicted octanol–water partition coefficient (Wildman–Crippen LogP) is 3.48. The Morgan fingerprint density at radius 1 is 0.808 bits per heavy atom. The van der Waals surface area contributed by atoms with Crippen molar-refractivity contribution >= 4 is 11.6 Å². The standard InChI is InChI=1S/C21H22N4O/c1-26-19-9-7-17(8-10-19)20-11-12-22-21(23-20)25-15-13-24(14-16-25)18-5-3-2-4-6-18/h2-12H,13-16H2,1H3. The van der Waals surface area contributed by atoms with E-state index in [1.807, 2.05) is 36.5 Å². The molecule has 1 aliphatic rings. The number of methoxy groups -OCH3 is 1. The summed E-state index contributed by atoms with van der Waals surface area (Å²) in [6, 6.07) is 20.5. The topological polar surface area (TPSA) is 41.5 Å². The molecule has 1 saturated heterocycles. The van der Waals surface area contributed by atoms with Crippen LogP contribution < -0.4 is 14.5 Å². The summed E-state index contributed by atoms with van der Waals surface area (Å²) in [5, 5.41) is 0. The Labute approximate surface area is 153 Å². The fraction of sp³-hybridized carbons (Fsp3) is 0.238. The molecule has 0 radical (unpaired) electrons. The Balaban J connectivity index is 1.47. The van der Waals surface area contributed by atoms with Crippen molar-refractivity contribution in [3.63, 3.8) is 0 Å². The first-order valence-corrected chi connectivity index (χ1v) is 8.86. The third-order valence-corrected chi connectivity index (χ3v) is 4.71. The summed E-state index contributed by atoms with van der Waals surface area (Å²) in [6.07, 6.45) is 1.84. The first-order chi connectivity index (χ1) is 12.8. The Kier molecular flexibility index (Phi) is 4.69. The molecular formula is C21H22N4O. The molecule has 1 fully saturated rings.